The number of rotatable bonds is 4. The maximum absolute atomic E-state index is 12.2. The number of halogens is 2. The van der Waals surface area contributed by atoms with E-state index in [0.717, 1.165) is 13.6 Å². The number of amides is 1. The fourth-order valence-electron chi connectivity index (χ4n) is 1.97. The Labute approximate surface area is 147 Å². The van der Waals surface area contributed by atoms with Crippen LogP contribution in [0.3, 0.4) is 0 Å². The molecule has 0 aromatic heterocycles. The molecule has 2 aromatic rings. The van der Waals surface area contributed by atoms with E-state index >= 15 is 0 Å². The zero-order valence-electron chi connectivity index (χ0n) is 12.0. The van der Waals surface area contributed by atoms with Crippen LogP contribution in [-0.2, 0) is 6.54 Å². The van der Waals surface area contributed by atoms with Gasteiger partial charge < -0.3 is 5.32 Å². The first kappa shape index (κ1) is 16.5. The maximum atomic E-state index is 12.2. The lowest BCUT2D eigenvalue weighted by atomic mass is 10.0. The molecule has 1 amide bonds. The van der Waals surface area contributed by atoms with E-state index in [0.29, 0.717) is 18.0 Å². The highest BCUT2D eigenvalue weighted by molar-refractivity contribution is 14.1. The van der Waals surface area contributed by atoms with Crippen molar-refractivity contribution in [2.24, 2.45) is 0 Å². The van der Waals surface area contributed by atoms with Gasteiger partial charge in [-0.25, -0.2) is 0 Å². The largest absolute Gasteiger partial charge is 0.348 e. The summed E-state index contributed by atoms with van der Waals surface area (Å²) in [5, 5.41) is 2.96. The van der Waals surface area contributed by atoms with E-state index in [4.69, 9.17) is 0 Å². The van der Waals surface area contributed by atoms with Crippen LogP contribution < -0.4 is 5.32 Å². The standard InChI is InChI=1S/C17H17BrINO/c1-11(2)13-5-3-12(4-6-13)10-20-17(21)15-9-14(19)7-8-16(15)18/h3-9,11H,10H2,1-2H3,(H,20,21). The average molecular weight is 458 g/mol. The van der Waals surface area contributed by atoms with E-state index in [9.17, 15) is 4.79 Å². The minimum Gasteiger partial charge on any atom is -0.348 e. The van der Waals surface area contributed by atoms with Crippen LogP contribution in [0.5, 0.6) is 0 Å². The molecule has 0 unspecified atom stereocenters. The molecule has 2 rings (SSSR count). The number of nitrogens with one attached hydrogen (secondary N) is 1. The fraction of sp³-hybridized carbons (Fsp3) is 0.235. The van der Waals surface area contributed by atoms with Crippen molar-refractivity contribution in [1.29, 1.82) is 0 Å². The van der Waals surface area contributed by atoms with Gasteiger partial charge in [0.1, 0.15) is 0 Å². The third-order valence-electron chi connectivity index (χ3n) is 3.27. The van der Waals surface area contributed by atoms with E-state index in [1.165, 1.54) is 5.56 Å². The second-order valence-electron chi connectivity index (χ2n) is 5.20. The van der Waals surface area contributed by atoms with Crippen molar-refractivity contribution in [3.63, 3.8) is 0 Å². The molecular formula is C17H17BrINO. The highest BCUT2D eigenvalue weighted by atomic mass is 127. The van der Waals surface area contributed by atoms with Gasteiger partial charge in [0.05, 0.1) is 5.56 Å². The molecule has 0 aliphatic carbocycles. The summed E-state index contributed by atoms with van der Waals surface area (Å²) in [5.74, 6) is 0.462. The fourth-order valence-corrected chi connectivity index (χ4v) is 2.89. The zero-order chi connectivity index (χ0) is 15.4. The topological polar surface area (TPSA) is 29.1 Å². The summed E-state index contributed by atoms with van der Waals surface area (Å²) in [6, 6.07) is 14.1. The van der Waals surface area contributed by atoms with Crippen LogP contribution in [0.25, 0.3) is 0 Å². The molecule has 4 heteroatoms. The van der Waals surface area contributed by atoms with Gasteiger partial charge in [0.15, 0.2) is 0 Å². The minimum absolute atomic E-state index is 0.0617. The van der Waals surface area contributed by atoms with Crippen LogP contribution in [0.2, 0.25) is 0 Å². The Hall–Kier alpha value is -0.880. The van der Waals surface area contributed by atoms with Crippen molar-refractivity contribution in [3.8, 4) is 0 Å². The second-order valence-corrected chi connectivity index (χ2v) is 7.30. The molecule has 0 saturated heterocycles. The van der Waals surface area contributed by atoms with E-state index < -0.39 is 0 Å². The molecule has 0 radical (unpaired) electrons. The first-order valence-corrected chi connectivity index (χ1v) is 8.66. The Morgan fingerprint density at radius 2 is 1.86 bits per heavy atom. The smallest absolute Gasteiger partial charge is 0.252 e. The summed E-state index contributed by atoms with van der Waals surface area (Å²) in [6.45, 7) is 4.88. The number of hydrogen-bond acceptors (Lipinski definition) is 1. The van der Waals surface area contributed by atoms with Crippen molar-refractivity contribution >= 4 is 44.4 Å². The van der Waals surface area contributed by atoms with Crippen LogP contribution >= 0.6 is 38.5 Å². The Bertz CT molecular complexity index is 638. The highest BCUT2D eigenvalue weighted by Crippen LogP contribution is 2.20. The van der Waals surface area contributed by atoms with Crippen molar-refractivity contribution in [2.45, 2.75) is 26.3 Å². The summed E-state index contributed by atoms with van der Waals surface area (Å²) in [5.41, 5.74) is 3.08. The molecule has 1 N–H and O–H groups in total. The molecule has 2 nitrogen and oxygen atoms in total. The van der Waals surface area contributed by atoms with Crippen LogP contribution in [0.1, 0.15) is 41.3 Å². The predicted octanol–water partition coefficient (Wildman–Crippen LogP) is 5.11. The molecule has 21 heavy (non-hydrogen) atoms. The van der Waals surface area contributed by atoms with Crippen molar-refractivity contribution < 1.29 is 4.79 Å². The van der Waals surface area contributed by atoms with E-state index in [1.807, 2.05) is 18.2 Å². The first-order chi connectivity index (χ1) is 9.97. The van der Waals surface area contributed by atoms with E-state index in [1.54, 1.807) is 0 Å². The van der Waals surface area contributed by atoms with Gasteiger partial charge in [-0.05, 0) is 73.8 Å². The predicted molar refractivity (Wildman–Crippen MR) is 98.6 cm³/mol. The molecule has 0 aliphatic rings. The molecule has 0 atom stereocenters. The van der Waals surface area contributed by atoms with Crippen LogP contribution in [0.15, 0.2) is 46.9 Å². The molecule has 0 aliphatic heterocycles. The average Bonchev–Trinajstić information content (AvgIpc) is 2.47. The van der Waals surface area contributed by atoms with Crippen molar-refractivity contribution in [3.05, 3.63) is 67.2 Å². The molecule has 0 fully saturated rings. The lowest BCUT2D eigenvalue weighted by Crippen LogP contribution is -2.23. The highest BCUT2D eigenvalue weighted by Gasteiger charge is 2.10. The van der Waals surface area contributed by atoms with Gasteiger partial charge in [0.2, 0.25) is 0 Å². The van der Waals surface area contributed by atoms with E-state index in [2.05, 4.69) is 82.0 Å². The molecule has 110 valence electrons. The molecule has 2 aromatic carbocycles. The maximum Gasteiger partial charge on any atom is 0.252 e. The van der Waals surface area contributed by atoms with Crippen LogP contribution in [-0.4, -0.2) is 5.91 Å². The molecule has 0 heterocycles. The number of carbonyl (C=O) groups is 1. The Morgan fingerprint density at radius 3 is 2.48 bits per heavy atom. The third-order valence-corrected chi connectivity index (χ3v) is 4.63. The zero-order valence-corrected chi connectivity index (χ0v) is 15.7. The summed E-state index contributed by atoms with van der Waals surface area (Å²) in [4.78, 5) is 12.2. The van der Waals surface area contributed by atoms with Crippen molar-refractivity contribution in [1.82, 2.24) is 5.32 Å². The molecule has 0 bridgehead atoms. The van der Waals surface area contributed by atoms with Gasteiger partial charge in [0.25, 0.3) is 5.91 Å². The van der Waals surface area contributed by atoms with Crippen LogP contribution in [0.4, 0.5) is 0 Å². The normalized spacial score (nSPS) is 10.7. The minimum atomic E-state index is -0.0617. The lowest BCUT2D eigenvalue weighted by molar-refractivity contribution is 0.0950. The number of hydrogen-bond donors (Lipinski definition) is 1. The summed E-state index contributed by atoms with van der Waals surface area (Å²) in [6.07, 6.45) is 0. The Kier molecular flexibility index (Phi) is 5.81. The van der Waals surface area contributed by atoms with Crippen LogP contribution in [0, 0.1) is 3.57 Å². The quantitative estimate of drug-likeness (QED) is 0.635. The monoisotopic (exact) mass is 457 g/mol. The van der Waals surface area contributed by atoms with Gasteiger partial charge in [0, 0.05) is 14.6 Å². The number of benzene rings is 2. The molecule has 0 saturated carbocycles. The Morgan fingerprint density at radius 1 is 1.19 bits per heavy atom. The molecule has 0 spiro atoms. The van der Waals surface area contributed by atoms with Crippen molar-refractivity contribution in [2.75, 3.05) is 0 Å². The van der Waals surface area contributed by atoms with Gasteiger partial charge in [-0.3, -0.25) is 4.79 Å². The Balaban J connectivity index is 2.02. The van der Waals surface area contributed by atoms with E-state index in [-0.39, 0.29) is 5.91 Å². The van der Waals surface area contributed by atoms with Gasteiger partial charge in [-0.15, -0.1) is 0 Å². The first-order valence-electron chi connectivity index (χ1n) is 6.79. The second kappa shape index (κ2) is 7.40. The number of carbonyl (C=O) groups excluding carboxylic acids is 1. The summed E-state index contributed by atoms with van der Waals surface area (Å²) in [7, 11) is 0. The third kappa shape index (κ3) is 4.54. The summed E-state index contributed by atoms with van der Waals surface area (Å²) < 4.78 is 1.86. The van der Waals surface area contributed by atoms with Gasteiger partial charge in [-0.1, -0.05) is 38.1 Å². The van der Waals surface area contributed by atoms with Gasteiger partial charge in [-0.2, -0.15) is 0 Å². The SMILES string of the molecule is CC(C)c1ccc(CNC(=O)c2cc(I)ccc2Br)cc1. The lowest BCUT2D eigenvalue weighted by Gasteiger charge is -2.09. The van der Waals surface area contributed by atoms with Gasteiger partial charge >= 0.3 is 0 Å². The summed E-state index contributed by atoms with van der Waals surface area (Å²) >= 11 is 5.62. The molecular weight excluding hydrogens is 441 g/mol.